The van der Waals surface area contributed by atoms with Crippen molar-refractivity contribution in [2.24, 2.45) is 0 Å². The number of imidazole rings is 1. The molecule has 0 aliphatic carbocycles. The summed E-state index contributed by atoms with van der Waals surface area (Å²) >= 11 is 0. The monoisotopic (exact) mass is 425 g/mol. The van der Waals surface area contributed by atoms with Crippen molar-refractivity contribution < 1.29 is 14.7 Å². The maximum absolute atomic E-state index is 12.0. The van der Waals surface area contributed by atoms with Gasteiger partial charge in [0.05, 0.1) is 17.4 Å². The number of hydrogen-bond donors (Lipinski definition) is 4. The summed E-state index contributed by atoms with van der Waals surface area (Å²) < 4.78 is 0. The van der Waals surface area contributed by atoms with Crippen LogP contribution in [0.4, 0.5) is 0 Å². The highest BCUT2D eigenvalue weighted by Crippen LogP contribution is 2.07. The molecule has 1 heterocycles. The number of carbonyl (C=O) groups excluding carboxylic acids is 1. The molecular formula is C23H31N5O3. The second kappa shape index (κ2) is 12.5. The molecule has 0 radical (unpaired) electrons. The summed E-state index contributed by atoms with van der Waals surface area (Å²) in [6.45, 7) is 4.06. The Hall–Kier alpha value is -3.23. The van der Waals surface area contributed by atoms with E-state index in [1.54, 1.807) is 25.5 Å². The zero-order chi connectivity index (χ0) is 22.6. The van der Waals surface area contributed by atoms with Crippen molar-refractivity contribution in [1.29, 1.82) is 0 Å². The third-order valence-electron chi connectivity index (χ3n) is 4.71. The molecular weight excluding hydrogens is 394 g/mol. The van der Waals surface area contributed by atoms with Crippen LogP contribution >= 0.6 is 0 Å². The Bertz CT molecular complexity index is 925. The van der Waals surface area contributed by atoms with Crippen molar-refractivity contribution in [1.82, 2.24) is 25.5 Å². The van der Waals surface area contributed by atoms with Crippen LogP contribution in [-0.2, 0) is 11.3 Å². The van der Waals surface area contributed by atoms with E-state index in [2.05, 4.69) is 39.5 Å². The quantitative estimate of drug-likeness (QED) is 0.419. The molecule has 8 nitrogen and oxygen atoms in total. The molecule has 2 aromatic carbocycles. The van der Waals surface area contributed by atoms with Gasteiger partial charge >= 0.3 is 5.97 Å². The third-order valence-corrected chi connectivity index (χ3v) is 4.71. The molecule has 1 unspecified atom stereocenters. The lowest BCUT2D eigenvalue weighted by atomic mass is 10.1. The van der Waals surface area contributed by atoms with Crippen molar-refractivity contribution in [3.8, 4) is 0 Å². The van der Waals surface area contributed by atoms with E-state index in [1.807, 2.05) is 36.4 Å². The van der Waals surface area contributed by atoms with Crippen LogP contribution in [-0.4, -0.2) is 65.1 Å². The number of nitrogens with zero attached hydrogens (tertiary/aromatic N) is 2. The summed E-state index contributed by atoms with van der Waals surface area (Å²) in [7, 11) is 3.61. The number of rotatable bonds is 9. The van der Waals surface area contributed by atoms with Crippen LogP contribution in [0.15, 0.2) is 54.9 Å². The number of carboxylic acids is 1. The van der Waals surface area contributed by atoms with Gasteiger partial charge in [0.25, 0.3) is 5.91 Å². The van der Waals surface area contributed by atoms with Crippen LogP contribution in [0.2, 0.25) is 0 Å². The molecule has 3 rings (SSSR count). The summed E-state index contributed by atoms with van der Waals surface area (Å²) in [6.07, 6.45) is 2.80. The van der Waals surface area contributed by atoms with Crippen molar-refractivity contribution in [2.75, 3.05) is 27.2 Å². The summed E-state index contributed by atoms with van der Waals surface area (Å²) in [6, 6.07) is 14.5. The lowest BCUT2D eigenvalue weighted by molar-refractivity contribution is -0.139. The molecule has 1 atom stereocenters. The number of nitrogens with one attached hydrogen (secondary N) is 3. The number of aliphatic carboxylic acids is 1. The summed E-state index contributed by atoms with van der Waals surface area (Å²) in [5.41, 5.74) is 3.79. The Morgan fingerprint density at radius 2 is 1.87 bits per heavy atom. The second-order valence-electron chi connectivity index (χ2n) is 7.24. The van der Waals surface area contributed by atoms with Crippen molar-refractivity contribution in [3.63, 3.8) is 0 Å². The number of fused-ring (bicyclic) bond motifs is 1. The maximum atomic E-state index is 12.0. The maximum Gasteiger partial charge on any atom is 0.322 e. The number of carbonyl (C=O) groups is 2. The molecule has 166 valence electrons. The van der Waals surface area contributed by atoms with Crippen LogP contribution in [0.3, 0.4) is 0 Å². The average molecular weight is 426 g/mol. The van der Waals surface area contributed by atoms with E-state index in [-0.39, 0.29) is 12.5 Å². The smallest absolute Gasteiger partial charge is 0.322 e. The number of H-pyrrole nitrogens is 1. The molecule has 4 N–H and O–H groups in total. The second-order valence-corrected chi connectivity index (χ2v) is 7.24. The van der Waals surface area contributed by atoms with E-state index in [1.165, 1.54) is 0 Å². The van der Waals surface area contributed by atoms with E-state index in [0.29, 0.717) is 5.56 Å². The Morgan fingerprint density at radius 3 is 2.48 bits per heavy atom. The fourth-order valence-electron chi connectivity index (χ4n) is 3.02. The van der Waals surface area contributed by atoms with Crippen LogP contribution in [0, 0.1) is 0 Å². The first-order chi connectivity index (χ1) is 14.9. The van der Waals surface area contributed by atoms with Crippen LogP contribution < -0.4 is 10.6 Å². The minimum Gasteiger partial charge on any atom is -0.480 e. The molecule has 0 saturated carbocycles. The zero-order valence-electron chi connectivity index (χ0n) is 18.3. The number of carboxylic acid groups (broad SMARTS) is 1. The SMILES string of the molecule is CCCN(C)Cc1ccc(C(=O)NCC(NC)C(=O)O)cc1.c1ccc2[nH]cnc2c1. The van der Waals surface area contributed by atoms with Crippen LogP contribution in [0.1, 0.15) is 29.3 Å². The number of likely N-dealkylation sites (N-methyl/N-ethyl adjacent to an activating group) is 1. The predicted octanol–water partition coefficient (Wildman–Crippen LogP) is 2.49. The molecule has 3 aromatic rings. The van der Waals surface area contributed by atoms with E-state index in [4.69, 9.17) is 5.11 Å². The number of aromatic nitrogens is 2. The highest BCUT2D eigenvalue weighted by atomic mass is 16.4. The van der Waals surface area contributed by atoms with Gasteiger partial charge in [-0.05, 0) is 56.9 Å². The van der Waals surface area contributed by atoms with Gasteiger partial charge in [-0.3, -0.25) is 9.59 Å². The molecule has 0 bridgehead atoms. The highest BCUT2D eigenvalue weighted by Gasteiger charge is 2.16. The standard InChI is InChI=1S/C16H25N3O3.C7H6N2/c1-4-9-19(3)11-12-5-7-13(8-6-12)15(20)18-10-14(17-2)16(21)22;1-2-4-7-6(3-1)8-5-9-7/h5-8,14,17H,4,9-11H2,1-3H3,(H,18,20)(H,21,22);1-5H,(H,8,9). The molecule has 0 aliphatic rings. The number of amides is 1. The van der Waals surface area contributed by atoms with Gasteiger partial charge in [-0.1, -0.05) is 31.2 Å². The van der Waals surface area contributed by atoms with Gasteiger partial charge in [0.1, 0.15) is 6.04 Å². The molecule has 8 heteroatoms. The Labute approximate surface area is 182 Å². The van der Waals surface area contributed by atoms with Crippen molar-refractivity contribution in [2.45, 2.75) is 25.9 Å². The first-order valence-corrected chi connectivity index (χ1v) is 10.3. The topological polar surface area (TPSA) is 110 Å². The molecule has 0 fully saturated rings. The van der Waals surface area contributed by atoms with Gasteiger partial charge in [0, 0.05) is 18.7 Å². The Kier molecular flexibility index (Phi) is 9.67. The Balaban J connectivity index is 0.000000309. The fraction of sp³-hybridized carbons (Fsp3) is 0.348. The van der Waals surface area contributed by atoms with E-state index in [0.717, 1.165) is 36.1 Å². The Morgan fingerprint density at radius 1 is 1.16 bits per heavy atom. The fourth-order valence-corrected chi connectivity index (χ4v) is 3.02. The summed E-state index contributed by atoms with van der Waals surface area (Å²) in [5.74, 6) is -1.26. The van der Waals surface area contributed by atoms with E-state index < -0.39 is 12.0 Å². The van der Waals surface area contributed by atoms with Gasteiger partial charge in [-0.2, -0.15) is 0 Å². The van der Waals surface area contributed by atoms with E-state index >= 15 is 0 Å². The van der Waals surface area contributed by atoms with Crippen molar-refractivity contribution >= 4 is 22.9 Å². The number of benzene rings is 2. The molecule has 31 heavy (non-hydrogen) atoms. The van der Waals surface area contributed by atoms with Gasteiger partial charge in [0.15, 0.2) is 0 Å². The molecule has 0 saturated heterocycles. The van der Waals surface area contributed by atoms with Gasteiger partial charge < -0.3 is 25.6 Å². The average Bonchev–Trinajstić information content (AvgIpc) is 3.24. The lowest BCUT2D eigenvalue weighted by Crippen LogP contribution is -2.44. The van der Waals surface area contributed by atoms with Crippen molar-refractivity contribution in [3.05, 3.63) is 66.0 Å². The number of para-hydroxylation sites is 2. The normalized spacial score (nSPS) is 11.6. The third kappa shape index (κ3) is 7.84. The molecule has 1 aromatic heterocycles. The first-order valence-electron chi connectivity index (χ1n) is 10.3. The predicted molar refractivity (Wildman–Crippen MR) is 122 cm³/mol. The first kappa shape index (κ1) is 24.0. The van der Waals surface area contributed by atoms with E-state index in [9.17, 15) is 9.59 Å². The van der Waals surface area contributed by atoms with Gasteiger partial charge in [0.2, 0.25) is 0 Å². The zero-order valence-corrected chi connectivity index (χ0v) is 18.3. The summed E-state index contributed by atoms with van der Waals surface area (Å²) in [4.78, 5) is 32.1. The minimum atomic E-state index is -0.989. The molecule has 1 amide bonds. The highest BCUT2D eigenvalue weighted by molar-refractivity contribution is 5.94. The van der Waals surface area contributed by atoms with Gasteiger partial charge in [-0.15, -0.1) is 0 Å². The van der Waals surface area contributed by atoms with Crippen LogP contribution in [0.25, 0.3) is 11.0 Å². The lowest BCUT2D eigenvalue weighted by Gasteiger charge is -2.16. The minimum absolute atomic E-state index is 0.0473. The molecule has 0 spiro atoms. The molecule has 0 aliphatic heterocycles. The van der Waals surface area contributed by atoms with Gasteiger partial charge in [-0.25, -0.2) is 4.98 Å². The number of aromatic amines is 1. The summed E-state index contributed by atoms with van der Waals surface area (Å²) in [5, 5.41) is 14.2. The van der Waals surface area contributed by atoms with Crippen LogP contribution in [0.5, 0.6) is 0 Å². The largest absolute Gasteiger partial charge is 0.480 e. The number of hydrogen-bond acceptors (Lipinski definition) is 5.